The van der Waals surface area contributed by atoms with Gasteiger partial charge in [0.15, 0.2) is 0 Å². The molecule has 2 N–H and O–H groups in total. The molecule has 1 heterocycles. The Bertz CT molecular complexity index is 375. The summed E-state index contributed by atoms with van der Waals surface area (Å²) in [4.78, 5) is 4.68. The largest absolute Gasteiger partial charge is 0.381 e. The minimum Gasteiger partial charge on any atom is -0.381 e. The van der Waals surface area contributed by atoms with Crippen molar-refractivity contribution < 1.29 is 4.74 Å². The van der Waals surface area contributed by atoms with Gasteiger partial charge in [0.25, 0.3) is 0 Å². The van der Waals surface area contributed by atoms with Crippen LogP contribution in [0.1, 0.15) is 44.3 Å². The van der Waals surface area contributed by atoms with Crippen LogP contribution in [0.3, 0.4) is 0 Å². The molecule has 1 fully saturated rings. The molecule has 16 heavy (non-hydrogen) atoms. The van der Waals surface area contributed by atoms with Crippen molar-refractivity contribution in [3.05, 3.63) is 16.1 Å². The summed E-state index contributed by atoms with van der Waals surface area (Å²) in [7, 11) is 1.74. The predicted octanol–water partition coefficient (Wildman–Crippen LogP) is 2.40. The highest BCUT2D eigenvalue weighted by molar-refractivity contribution is 7.09. The summed E-state index contributed by atoms with van der Waals surface area (Å²) in [6.07, 6.45) is 2.09. The van der Waals surface area contributed by atoms with Crippen molar-refractivity contribution in [3.63, 3.8) is 0 Å². The molecule has 0 amide bonds. The van der Waals surface area contributed by atoms with Crippen LogP contribution in [0.5, 0.6) is 0 Å². The molecule has 1 saturated carbocycles. The van der Waals surface area contributed by atoms with Gasteiger partial charge in [-0.1, -0.05) is 20.8 Å². The molecule has 0 aromatic carbocycles. The van der Waals surface area contributed by atoms with E-state index in [0.29, 0.717) is 6.10 Å². The van der Waals surface area contributed by atoms with Crippen LogP contribution >= 0.6 is 11.3 Å². The molecule has 1 aliphatic carbocycles. The number of nitrogens with zero attached hydrogens (tertiary/aromatic N) is 1. The molecule has 3 nitrogen and oxygen atoms in total. The first-order chi connectivity index (χ1) is 7.35. The Balaban J connectivity index is 2.15. The van der Waals surface area contributed by atoms with E-state index in [9.17, 15) is 0 Å². The van der Waals surface area contributed by atoms with Crippen LogP contribution in [-0.4, -0.2) is 18.2 Å². The van der Waals surface area contributed by atoms with Gasteiger partial charge in [0.1, 0.15) is 5.01 Å². The van der Waals surface area contributed by atoms with Crippen LogP contribution in [0.4, 0.5) is 0 Å². The molecule has 2 rings (SSSR count). The highest BCUT2D eigenvalue weighted by Gasteiger charge is 2.45. The zero-order valence-corrected chi connectivity index (χ0v) is 11.2. The third-order valence-electron chi connectivity index (χ3n) is 3.22. The average molecular weight is 240 g/mol. The smallest absolute Gasteiger partial charge is 0.113 e. The SMILES string of the molecule is COC1CC(N)(c2nc(C(C)(C)C)cs2)C1. The predicted molar refractivity (Wildman–Crippen MR) is 66.7 cm³/mol. The third-order valence-corrected chi connectivity index (χ3v) is 4.28. The zero-order chi connectivity index (χ0) is 12.0. The molecule has 0 saturated heterocycles. The van der Waals surface area contributed by atoms with Crippen molar-refractivity contribution in [2.24, 2.45) is 5.73 Å². The first-order valence-electron chi connectivity index (χ1n) is 5.63. The van der Waals surface area contributed by atoms with Gasteiger partial charge in [-0.2, -0.15) is 0 Å². The van der Waals surface area contributed by atoms with E-state index in [1.54, 1.807) is 18.4 Å². The van der Waals surface area contributed by atoms with Gasteiger partial charge >= 0.3 is 0 Å². The molecule has 4 heteroatoms. The molecule has 1 aliphatic rings. The molecule has 90 valence electrons. The highest BCUT2D eigenvalue weighted by atomic mass is 32.1. The van der Waals surface area contributed by atoms with Gasteiger partial charge < -0.3 is 10.5 Å². The maximum atomic E-state index is 6.31. The van der Waals surface area contributed by atoms with Crippen LogP contribution < -0.4 is 5.73 Å². The molecule has 1 aromatic heterocycles. The topological polar surface area (TPSA) is 48.1 Å². The molecule has 1 aromatic rings. The van der Waals surface area contributed by atoms with E-state index >= 15 is 0 Å². The van der Waals surface area contributed by atoms with Crippen molar-refractivity contribution in [1.29, 1.82) is 0 Å². The van der Waals surface area contributed by atoms with Gasteiger partial charge in [0.2, 0.25) is 0 Å². The number of hydrogen-bond donors (Lipinski definition) is 1. The number of aromatic nitrogens is 1. The van der Waals surface area contributed by atoms with Gasteiger partial charge in [0, 0.05) is 17.9 Å². The summed E-state index contributed by atoms with van der Waals surface area (Å²) < 4.78 is 5.27. The molecule has 0 spiro atoms. The summed E-state index contributed by atoms with van der Waals surface area (Å²) in [5.74, 6) is 0. The normalized spacial score (nSPS) is 30.2. The molecular formula is C12H20N2OS. The number of nitrogens with two attached hydrogens (primary N) is 1. The van der Waals surface area contributed by atoms with E-state index < -0.39 is 0 Å². The van der Waals surface area contributed by atoms with Crippen LogP contribution in [-0.2, 0) is 15.7 Å². The number of rotatable bonds is 2. The number of ether oxygens (including phenoxy) is 1. The Morgan fingerprint density at radius 1 is 1.50 bits per heavy atom. The summed E-state index contributed by atoms with van der Waals surface area (Å²) in [6.45, 7) is 6.52. The lowest BCUT2D eigenvalue weighted by molar-refractivity contribution is -0.0163. The van der Waals surface area contributed by atoms with E-state index in [1.165, 1.54) is 0 Å². The first kappa shape index (κ1) is 12.0. The zero-order valence-electron chi connectivity index (χ0n) is 10.4. The van der Waals surface area contributed by atoms with Crippen molar-refractivity contribution in [1.82, 2.24) is 4.98 Å². The van der Waals surface area contributed by atoms with E-state index in [-0.39, 0.29) is 11.0 Å². The minimum atomic E-state index is -0.241. The lowest BCUT2D eigenvalue weighted by Crippen LogP contribution is -2.52. The maximum absolute atomic E-state index is 6.31. The second kappa shape index (κ2) is 3.79. The summed E-state index contributed by atoms with van der Waals surface area (Å²) in [6, 6.07) is 0. The Morgan fingerprint density at radius 3 is 2.56 bits per heavy atom. The first-order valence-corrected chi connectivity index (χ1v) is 6.51. The van der Waals surface area contributed by atoms with E-state index in [2.05, 4.69) is 31.1 Å². The Kier molecular flexibility index (Phi) is 2.85. The molecule has 0 aliphatic heterocycles. The van der Waals surface area contributed by atoms with E-state index in [0.717, 1.165) is 23.5 Å². The highest BCUT2D eigenvalue weighted by Crippen LogP contribution is 2.42. The van der Waals surface area contributed by atoms with E-state index in [4.69, 9.17) is 10.5 Å². The fraction of sp³-hybridized carbons (Fsp3) is 0.750. The van der Waals surface area contributed by atoms with Crippen LogP contribution in [0.2, 0.25) is 0 Å². The number of methoxy groups -OCH3 is 1. The van der Waals surface area contributed by atoms with Crippen molar-refractivity contribution in [2.75, 3.05) is 7.11 Å². The molecule has 0 unspecified atom stereocenters. The maximum Gasteiger partial charge on any atom is 0.113 e. The van der Waals surface area contributed by atoms with Gasteiger partial charge in [-0.3, -0.25) is 0 Å². The summed E-state index contributed by atoms with van der Waals surface area (Å²) >= 11 is 1.68. The molecular weight excluding hydrogens is 220 g/mol. The average Bonchev–Trinajstić information content (AvgIpc) is 2.60. The second-order valence-corrected chi connectivity index (χ2v) is 6.57. The van der Waals surface area contributed by atoms with Crippen LogP contribution in [0.25, 0.3) is 0 Å². The Morgan fingerprint density at radius 2 is 2.12 bits per heavy atom. The molecule has 0 bridgehead atoms. The van der Waals surface area contributed by atoms with Crippen molar-refractivity contribution in [3.8, 4) is 0 Å². The summed E-state index contributed by atoms with van der Waals surface area (Å²) in [5, 5.41) is 3.19. The van der Waals surface area contributed by atoms with Gasteiger partial charge in [0.05, 0.1) is 17.3 Å². The quantitative estimate of drug-likeness (QED) is 0.863. The lowest BCUT2D eigenvalue weighted by atomic mass is 9.75. The second-order valence-electron chi connectivity index (χ2n) is 5.71. The fourth-order valence-corrected chi connectivity index (χ4v) is 3.12. The number of thiazole rings is 1. The van der Waals surface area contributed by atoms with E-state index in [1.807, 2.05) is 0 Å². The van der Waals surface area contributed by atoms with Gasteiger partial charge in [-0.25, -0.2) is 4.98 Å². The fourth-order valence-electron chi connectivity index (χ4n) is 1.94. The summed E-state index contributed by atoms with van der Waals surface area (Å²) in [5.41, 5.74) is 7.32. The standard InChI is InChI=1S/C12H20N2OS/c1-11(2,3)9-7-16-10(14-9)12(13)5-8(6-12)15-4/h7-8H,5-6,13H2,1-4H3. The Hall–Kier alpha value is -0.450. The van der Waals surface area contributed by atoms with Crippen LogP contribution in [0.15, 0.2) is 5.38 Å². The Labute approximate surface area is 101 Å². The third kappa shape index (κ3) is 2.01. The number of hydrogen-bond acceptors (Lipinski definition) is 4. The van der Waals surface area contributed by atoms with Gasteiger partial charge in [-0.05, 0) is 12.8 Å². The minimum absolute atomic E-state index is 0.107. The molecule has 0 radical (unpaired) electrons. The van der Waals surface area contributed by atoms with Gasteiger partial charge in [-0.15, -0.1) is 11.3 Å². The van der Waals surface area contributed by atoms with Crippen molar-refractivity contribution >= 4 is 11.3 Å². The molecule has 0 atom stereocenters. The monoisotopic (exact) mass is 240 g/mol. The van der Waals surface area contributed by atoms with Crippen molar-refractivity contribution in [2.45, 2.75) is 50.7 Å². The van der Waals surface area contributed by atoms with Crippen LogP contribution in [0, 0.1) is 0 Å². The lowest BCUT2D eigenvalue weighted by Gasteiger charge is -2.42.